The Morgan fingerprint density at radius 2 is 2.03 bits per heavy atom. The van der Waals surface area contributed by atoms with E-state index in [4.69, 9.17) is 4.74 Å². The van der Waals surface area contributed by atoms with E-state index in [9.17, 15) is 19.2 Å². The van der Waals surface area contributed by atoms with Crippen LogP contribution >= 0.6 is 24.0 Å². The Morgan fingerprint density at radius 1 is 1.31 bits per heavy atom. The van der Waals surface area contributed by atoms with Gasteiger partial charge in [-0.25, -0.2) is 9.78 Å². The van der Waals surface area contributed by atoms with E-state index >= 15 is 0 Å². The Hall–Kier alpha value is -2.40. The first-order valence-corrected chi connectivity index (χ1v) is 11.9. The molecule has 32 heavy (non-hydrogen) atoms. The van der Waals surface area contributed by atoms with Crippen molar-refractivity contribution in [3.63, 3.8) is 0 Å². The van der Waals surface area contributed by atoms with Crippen LogP contribution in [-0.2, 0) is 25.7 Å². The third-order valence-corrected chi connectivity index (χ3v) is 5.83. The Morgan fingerprint density at radius 3 is 2.69 bits per heavy atom. The first-order valence-electron chi connectivity index (χ1n) is 10.4. The maximum absolute atomic E-state index is 12.9. The van der Waals surface area contributed by atoms with E-state index in [1.807, 2.05) is 0 Å². The van der Waals surface area contributed by atoms with Crippen molar-refractivity contribution >= 4 is 47.7 Å². The number of carbonyl (C=O) groups is 4. The van der Waals surface area contributed by atoms with Crippen molar-refractivity contribution in [1.29, 1.82) is 0 Å². The molecule has 3 N–H and O–H groups in total. The fourth-order valence-corrected chi connectivity index (χ4v) is 3.71. The topological polar surface area (TPSA) is 126 Å². The van der Waals surface area contributed by atoms with Gasteiger partial charge in [0.25, 0.3) is 5.91 Å². The van der Waals surface area contributed by atoms with Crippen LogP contribution in [0.4, 0.5) is 0 Å². The largest absolute Gasteiger partial charge is 0.456 e. The van der Waals surface area contributed by atoms with Crippen LogP contribution in [0.3, 0.4) is 0 Å². The van der Waals surface area contributed by atoms with E-state index in [0.29, 0.717) is 17.2 Å². The van der Waals surface area contributed by atoms with Gasteiger partial charge in [-0.05, 0) is 38.0 Å². The first-order chi connectivity index (χ1) is 15.0. The first kappa shape index (κ1) is 25.9. The lowest BCUT2D eigenvalue weighted by atomic mass is 9.99. The Balaban J connectivity index is 2.36. The molecule has 0 radical (unpaired) electrons. The van der Waals surface area contributed by atoms with E-state index < -0.39 is 35.5 Å². The summed E-state index contributed by atoms with van der Waals surface area (Å²) in [4.78, 5) is 55.0. The molecule has 9 nitrogen and oxygen atoms in total. The van der Waals surface area contributed by atoms with Crippen LogP contribution in [0.5, 0.6) is 0 Å². The maximum Gasteiger partial charge on any atom is 0.329 e. The molecule has 2 heterocycles. The molecule has 0 saturated heterocycles. The molecule has 0 saturated carbocycles. The third kappa shape index (κ3) is 7.33. The number of thiol groups is 1. The van der Waals surface area contributed by atoms with Crippen molar-refractivity contribution in [2.75, 3.05) is 5.75 Å². The maximum atomic E-state index is 12.9. The molecule has 0 spiro atoms. The number of nitrogens with one attached hydrogen (secondary N) is 3. The molecule has 1 unspecified atom stereocenters. The highest BCUT2D eigenvalue weighted by Crippen LogP contribution is 2.15. The lowest BCUT2D eigenvalue weighted by Crippen LogP contribution is -2.59. The monoisotopic (exact) mass is 482 g/mol. The number of hydrogen-bond donors (Lipinski definition) is 4. The minimum atomic E-state index is -1.30. The lowest BCUT2D eigenvalue weighted by molar-refractivity contribution is -0.153. The van der Waals surface area contributed by atoms with E-state index in [1.165, 1.54) is 11.3 Å². The van der Waals surface area contributed by atoms with Crippen LogP contribution in [0.1, 0.15) is 56.0 Å². The second-order valence-corrected chi connectivity index (χ2v) is 9.69. The van der Waals surface area contributed by atoms with E-state index in [1.54, 1.807) is 45.2 Å². The summed E-state index contributed by atoms with van der Waals surface area (Å²) in [6.07, 6.45) is 3.22. The van der Waals surface area contributed by atoms with Crippen LogP contribution in [0, 0.1) is 5.92 Å². The van der Waals surface area contributed by atoms with Gasteiger partial charge in [-0.15, -0.1) is 11.3 Å². The number of hydrogen-bond acceptors (Lipinski definition) is 8. The van der Waals surface area contributed by atoms with Gasteiger partial charge in [0.2, 0.25) is 11.8 Å². The van der Waals surface area contributed by atoms with Crippen molar-refractivity contribution in [1.82, 2.24) is 20.9 Å². The summed E-state index contributed by atoms with van der Waals surface area (Å²) in [6, 6.07) is -0.957. The number of amides is 3. The zero-order valence-corrected chi connectivity index (χ0v) is 20.3. The zero-order chi connectivity index (χ0) is 23.9. The average Bonchev–Trinajstić information content (AvgIpc) is 3.18. The molecule has 1 aliphatic heterocycles. The number of thiazole rings is 1. The Bertz CT molecular complexity index is 881. The van der Waals surface area contributed by atoms with E-state index in [0.717, 1.165) is 0 Å². The van der Waals surface area contributed by atoms with E-state index in [-0.39, 0.29) is 30.5 Å². The van der Waals surface area contributed by atoms with Crippen molar-refractivity contribution < 1.29 is 23.9 Å². The standard InChI is InChI=1S/C21H30N4O5S2/c1-12(2)17-19(28)30-13(7-5-6-8-31)9-15(26)22-10-16-23-14(11-32-16)18(27)25-21(3,4)20(29)24-17/h5,7,11-13,17,31H,6,8-10H2,1-4H3,(H,22,26)(H,24,29)(H,25,27)/b7-5+/t13-,17?/m1/s1. The molecule has 2 atom stereocenters. The molecular weight excluding hydrogens is 452 g/mol. The molecule has 1 aromatic rings. The summed E-state index contributed by atoms with van der Waals surface area (Å²) >= 11 is 5.38. The lowest BCUT2D eigenvalue weighted by Gasteiger charge is -2.29. The molecule has 0 aromatic carbocycles. The van der Waals surface area contributed by atoms with Gasteiger partial charge in [0, 0.05) is 5.38 Å². The van der Waals surface area contributed by atoms with Gasteiger partial charge in [0.15, 0.2) is 0 Å². The van der Waals surface area contributed by atoms with Gasteiger partial charge in [0.05, 0.1) is 13.0 Å². The summed E-state index contributed by atoms with van der Waals surface area (Å²) in [5, 5.41) is 10.2. The van der Waals surface area contributed by atoms with Gasteiger partial charge >= 0.3 is 5.97 Å². The molecule has 176 valence electrons. The highest BCUT2D eigenvalue weighted by molar-refractivity contribution is 7.80. The normalized spacial score (nSPS) is 22.9. The second-order valence-electron chi connectivity index (χ2n) is 8.30. The molecule has 1 aliphatic rings. The van der Waals surface area contributed by atoms with Crippen molar-refractivity contribution in [2.24, 2.45) is 5.92 Å². The highest BCUT2D eigenvalue weighted by atomic mass is 32.1. The van der Waals surface area contributed by atoms with Crippen LogP contribution in [0.25, 0.3) is 0 Å². The molecule has 0 aliphatic carbocycles. The second kappa shape index (κ2) is 11.5. The van der Waals surface area contributed by atoms with Crippen LogP contribution < -0.4 is 16.0 Å². The van der Waals surface area contributed by atoms with E-state index in [2.05, 4.69) is 33.6 Å². The Kier molecular flexibility index (Phi) is 9.26. The molecule has 0 fully saturated rings. The summed E-state index contributed by atoms with van der Waals surface area (Å²) in [6.45, 7) is 6.76. The van der Waals surface area contributed by atoms with Crippen LogP contribution in [-0.4, -0.2) is 52.1 Å². The van der Waals surface area contributed by atoms with Crippen molar-refractivity contribution in [3.05, 3.63) is 28.2 Å². The van der Waals surface area contributed by atoms with Crippen molar-refractivity contribution in [2.45, 2.75) is 64.8 Å². The minimum absolute atomic E-state index is 0.0855. The zero-order valence-electron chi connectivity index (χ0n) is 18.6. The number of nitrogens with zero attached hydrogens (tertiary/aromatic N) is 1. The smallest absolute Gasteiger partial charge is 0.329 e. The van der Waals surface area contributed by atoms with Gasteiger partial charge in [-0.1, -0.05) is 19.9 Å². The van der Waals surface area contributed by atoms with Gasteiger partial charge in [-0.3, -0.25) is 14.4 Å². The fraction of sp³-hybridized carbons (Fsp3) is 0.571. The summed E-state index contributed by atoms with van der Waals surface area (Å²) < 4.78 is 5.58. The Labute approximate surface area is 197 Å². The predicted octanol–water partition coefficient (Wildman–Crippen LogP) is 1.60. The number of fused-ring (bicyclic) bond motifs is 2. The number of ether oxygens (including phenoxy) is 1. The van der Waals surface area contributed by atoms with Gasteiger partial charge in [0.1, 0.15) is 28.4 Å². The molecular formula is C21H30N4O5S2. The van der Waals surface area contributed by atoms with Crippen LogP contribution in [0.2, 0.25) is 0 Å². The third-order valence-electron chi connectivity index (χ3n) is 4.72. The van der Waals surface area contributed by atoms with Crippen LogP contribution in [0.15, 0.2) is 17.5 Å². The molecule has 1 aromatic heterocycles. The predicted molar refractivity (Wildman–Crippen MR) is 124 cm³/mol. The summed E-state index contributed by atoms with van der Waals surface area (Å²) in [5.74, 6) is -1.72. The quantitative estimate of drug-likeness (QED) is 0.293. The number of allylic oxidation sites excluding steroid dienone is 1. The summed E-state index contributed by atoms with van der Waals surface area (Å²) in [7, 11) is 0. The SMILES string of the molecule is CC(C)C1NC(=O)C(C)(C)NC(=O)c2csc(n2)CNC(=O)C[C@@H](/C=C/CCS)OC1=O. The highest BCUT2D eigenvalue weighted by Gasteiger charge is 2.36. The van der Waals surface area contributed by atoms with Crippen molar-refractivity contribution in [3.8, 4) is 0 Å². The molecule has 2 rings (SSSR count). The molecule has 2 bridgehead atoms. The number of rotatable bonds is 4. The minimum Gasteiger partial charge on any atom is -0.456 e. The number of aromatic nitrogens is 1. The molecule has 11 heteroatoms. The molecule has 3 amide bonds. The average molecular weight is 483 g/mol. The number of cyclic esters (lactones) is 1. The number of carbonyl (C=O) groups excluding carboxylic acids is 4. The fourth-order valence-electron chi connectivity index (χ4n) is 2.84. The summed E-state index contributed by atoms with van der Waals surface area (Å²) in [5.41, 5.74) is -1.15. The van der Waals surface area contributed by atoms with Gasteiger partial charge < -0.3 is 20.7 Å². The number of esters is 1. The van der Waals surface area contributed by atoms with Gasteiger partial charge in [-0.2, -0.15) is 12.6 Å².